The van der Waals surface area contributed by atoms with Crippen LogP contribution < -0.4 is 10.6 Å². The number of carbonyl (C=O) groups excluding carboxylic acids is 2. The fourth-order valence-electron chi connectivity index (χ4n) is 2.74. The third-order valence-electron chi connectivity index (χ3n) is 3.97. The molecule has 1 unspecified atom stereocenters. The van der Waals surface area contributed by atoms with Gasteiger partial charge in [0.05, 0.1) is 6.04 Å². The number of hydrogen-bond donors (Lipinski definition) is 2. The van der Waals surface area contributed by atoms with E-state index in [1.54, 1.807) is 12.1 Å². The van der Waals surface area contributed by atoms with Gasteiger partial charge in [-0.3, -0.25) is 9.59 Å². The lowest BCUT2D eigenvalue weighted by molar-refractivity contribution is -0.121. The molecule has 1 aliphatic rings. The van der Waals surface area contributed by atoms with Crippen LogP contribution >= 0.6 is 11.8 Å². The van der Waals surface area contributed by atoms with Crippen LogP contribution in [0.3, 0.4) is 0 Å². The summed E-state index contributed by atoms with van der Waals surface area (Å²) in [6.07, 6.45) is 1.22. The van der Waals surface area contributed by atoms with Crippen molar-refractivity contribution < 1.29 is 9.59 Å². The summed E-state index contributed by atoms with van der Waals surface area (Å²) in [5, 5.41) is 5.87. The second-order valence-corrected chi connectivity index (χ2v) is 6.80. The van der Waals surface area contributed by atoms with Crippen molar-refractivity contribution in [2.45, 2.75) is 23.8 Å². The van der Waals surface area contributed by atoms with Gasteiger partial charge in [0.2, 0.25) is 5.91 Å². The third kappa shape index (κ3) is 4.17. The topological polar surface area (TPSA) is 58.2 Å². The third-order valence-corrected chi connectivity index (χ3v) is 5.09. The molecule has 1 aliphatic heterocycles. The molecular weight excluding hydrogens is 320 g/mol. The number of thioether (sulfide) groups is 1. The molecule has 0 aromatic heterocycles. The van der Waals surface area contributed by atoms with E-state index in [0.717, 1.165) is 12.2 Å². The molecule has 2 aromatic rings. The average Bonchev–Trinajstić information content (AvgIpc) is 2.63. The molecular formula is C19H20N2O2S. The van der Waals surface area contributed by atoms with Crippen LogP contribution in [0.1, 0.15) is 34.8 Å². The minimum Gasteiger partial charge on any atom is -0.352 e. The molecule has 0 bridgehead atoms. The Kier molecular flexibility index (Phi) is 5.54. The van der Waals surface area contributed by atoms with Crippen molar-refractivity contribution >= 4 is 23.6 Å². The minimum absolute atomic E-state index is 0.0323. The lowest BCUT2D eigenvalue weighted by Gasteiger charge is -2.25. The van der Waals surface area contributed by atoms with Crippen molar-refractivity contribution in [1.29, 1.82) is 0 Å². The Labute approximate surface area is 146 Å². The molecule has 0 saturated heterocycles. The fourth-order valence-corrected chi connectivity index (χ4v) is 3.86. The maximum atomic E-state index is 12.2. The highest BCUT2D eigenvalue weighted by atomic mass is 32.2. The van der Waals surface area contributed by atoms with Gasteiger partial charge >= 0.3 is 0 Å². The molecule has 3 rings (SSSR count). The van der Waals surface area contributed by atoms with Gasteiger partial charge in [-0.1, -0.05) is 36.4 Å². The molecule has 0 aliphatic carbocycles. The van der Waals surface area contributed by atoms with E-state index in [1.807, 2.05) is 42.1 Å². The summed E-state index contributed by atoms with van der Waals surface area (Å²) in [7, 11) is 0. The van der Waals surface area contributed by atoms with Crippen molar-refractivity contribution in [1.82, 2.24) is 10.6 Å². The maximum absolute atomic E-state index is 12.2. The van der Waals surface area contributed by atoms with Crippen LogP contribution in [0.4, 0.5) is 0 Å². The number of carbonyl (C=O) groups is 2. The molecule has 5 heteroatoms. The molecule has 24 heavy (non-hydrogen) atoms. The zero-order chi connectivity index (χ0) is 16.8. The average molecular weight is 340 g/mol. The van der Waals surface area contributed by atoms with Gasteiger partial charge in [-0.15, -0.1) is 11.8 Å². The number of fused-ring (bicyclic) bond motifs is 1. The first kappa shape index (κ1) is 16.6. The second kappa shape index (κ2) is 8.02. The lowest BCUT2D eigenvalue weighted by Crippen LogP contribution is -2.34. The lowest BCUT2D eigenvalue weighted by atomic mass is 10.0. The summed E-state index contributed by atoms with van der Waals surface area (Å²) in [6, 6.07) is 17.3. The number of amides is 2. The van der Waals surface area contributed by atoms with E-state index < -0.39 is 0 Å². The normalized spacial score (nSPS) is 16.1. The summed E-state index contributed by atoms with van der Waals surface area (Å²) < 4.78 is 0. The Morgan fingerprint density at radius 1 is 1.04 bits per heavy atom. The molecule has 1 heterocycles. The largest absolute Gasteiger partial charge is 0.352 e. The summed E-state index contributed by atoms with van der Waals surface area (Å²) in [5.74, 6) is 0.824. The highest BCUT2D eigenvalue weighted by Gasteiger charge is 2.21. The van der Waals surface area contributed by atoms with E-state index in [1.165, 1.54) is 10.5 Å². The highest BCUT2D eigenvalue weighted by Crippen LogP contribution is 2.35. The van der Waals surface area contributed by atoms with Crippen molar-refractivity contribution in [2.24, 2.45) is 0 Å². The number of rotatable bonds is 5. The first-order chi connectivity index (χ1) is 11.7. The van der Waals surface area contributed by atoms with Gasteiger partial charge in [0, 0.05) is 29.2 Å². The van der Waals surface area contributed by atoms with Crippen molar-refractivity contribution in [2.75, 3.05) is 12.3 Å². The predicted octanol–water partition coefficient (Wildman–Crippen LogP) is 3.16. The molecule has 124 valence electrons. The molecule has 0 fully saturated rings. The van der Waals surface area contributed by atoms with Crippen LogP contribution in [-0.2, 0) is 4.79 Å². The van der Waals surface area contributed by atoms with Gasteiger partial charge in [-0.25, -0.2) is 0 Å². The molecule has 4 nitrogen and oxygen atoms in total. The molecule has 2 N–H and O–H groups in total. The van der Waals surface area contributed by atoms with Gasteiger partial charge in [0.15, 0.2) is 0 Å². The summed E-state index contributed by atoms with van der Waals surface area (Å²) >= 11 is 1.83. The molecule has 1 atom stereocenters. The van der Waals surface area contributed by atoms with Crippen LogP contribution in [0.25, 0.3) is 0 Å². The number of benzene rings is 2. The number of hydrogen-bond acceptors (Lipinski definition) is 3. The van der Waals surface area contributed by atoms with Crippen LogP contribution in [0, 0.1) is 0 Å². The Hall–Kier alpha value is -2.27. The van der Waals surface area contributed by atoms with Gasteiger partial charge in [0.25, 0.3) is 5.91 Å². The van der Waals surface area contributed by atoms with E-state index >= 15 is 0 Å². The van der Waals surface area contributed by atoms with Gasteiger partial charge in [-0.2, -0.15) is 0 Å². The SMILES string of the molecule is O=C(CCNC(=O)c1ccccc1)NC1CCSc2ccccc21. The van der Waals surface area contributed by atoms with Crippen LogP contribution in [0.5, 0.6) is 0 Å². The fraction of sp³-hybridized carbons (Fsp3) is 0.263. The molecule has 2 amide bonds. The Bertz CT molecular complexity index is 718. The van der Waals surface area contributed by atoms with Gasteiger partial charge in [-0.05, 0) is 30.2 Å². The van der Waals surface area contributed by atoms with Gasteiger partial charge < -0.3 is 10.6 Å². The monoisotopic (exact) mass is 340 g/mol. The van der Waals surface area contributed by atoms with E-state index in [-0.39, 0.29) is 24.3 Å². The highest BCUT2D eigenvalue weighted by molar-refractivity contribution is 7.99. The minimum atomic E-state index is -0.150. The Balaban J connectivity index is 1.48. The van der Waals surface area contributed by atoms with E-state index in [9.17, 15) is 9.59 Å². The molecule has 0 saturated carbocycles. The smallest absolute Gasteiger partial charge is 0.251 e. The standard InChI is InChI=1S/C19H20N2O2S/c22-18(10-12-20-19(23)14-6-2-1-3-7-14)21-16-11-13-24-17-9-5-4-8-15(16)17/h1-9,16H,10-13H2,(H,20,23)(H,21,22). The quantitative estimate of drug-likeness (QED) is 0.879. The predicted molar refractivity (Wildman–Crippen MR) is 96.1 cm³/mol. The Morgan fingerprint density at radius 2 is 1.79 bits per heavy atom. The second-order valence-electron chi connectivity index (χ2n) is 5.67. The summed E-state index contributed by atoms with van der Waals surface area (Å²) in [5.41, 5.74) is 1.80. The molecule has 2 aromatic carbocycles. The summed E-state index contributed by atoms with van der Waals surface area (Å²) in [6.45, 7) is 0.336. The van der Waals surface area contributed by atoms with Crippen molar-refractivity contribution in [3.05, 3.63) is 65.7 Å². The van der Waals surface area contributed by atoms with Crippen LogP contribution in [-0.4, -0.2) is 24.1 Å². The van der Waals surface area contributed by atoms with E-state index in [2.05, 4.69) is 22.8 Å². The van der Waals surface area contributed by atoms with E-state index in [4.69, 9.17) is 0 Å². The molecule has 0 spiro atoms. The first-order valence-corrected chi connectivity index (χ1v) is 9.07. The zero-order valence-electron chi connectivity index (χ0n) is 13.3. The van der Waals surface area contributed by atoms with Crippen molar-refractivity contribution in [3.63, 3.8) is 0 Å². The number of nitrogens with one attached hydrogen (secondary N) is 2. The summed E-state index contributed by atoms with van der Waals surface area (Å²) in [4.78, 5) is 25.3. The van der Waals surface area contributed by atoms with E-state index in [0.29, 0.717) is 12.1 Å². The first-order valence-electron chi connectivity index (χ1n) is 8.08. The van der Waals surface area contributed by atoms with Gasteiger partial charge in [0.1, 0.15) is 0 Å². The Morgan fingerprint density at radius 3 is 2.62 bits per heavy atom. The zero-order valence-corrected chi connectivity index (χ0v) is 14.1. The molecule has 0 radical (unpaired) electrons. The van der Waals surface area contributed by atoms with Crippen molar-refractivity contribution in [3.8, 4) is 0 Å². The maximum Gasteiger partial charge on any atom is 0.251 e. The van der Waals surface area contributed by atoms with Crippen LogP contribution in [0.15, 0.2) is 59.5 Å². The van der Waals surface area contributed by atoms with Crippen LogP contribution in [0.2, 0.25) is 0 Å².